The Morgan fingerprint density at radius 1 is 0.714 bits per heavy atom. The summed E-state index contributed by atoms with van der Waals surface area (Å²) < 4.78 is 7.02. The van der Waals surface area contributed by atoms with Crippen LogP contribution in [0.1, 0.15) is 60.8 Å². The molecule has 0 aliphatic rings. The number of aromatic nitrogens is 4. The van der Waals surface area contributed by atoms with Crippen molar-refractivity contribution in [2.45, 2.75) is 97.0 Å². The second-order valence-electron chi connectivity index (χ2n) is 10.7. The molecule has 2 aromatic rings. The van der Waals surface area contributed by atoms with Gasteiger partial charge in [-0.15, -0.1) is 25.3 Å². The van der Waals surface area contributed by atoms with E-state index in [0.29, 0.717) is 26.2 Å². The molecule has 10 heteroatoms. The van der Waals surface area contributed by atoms with Gasteiger partial charge in [0.05, 0.1) is 10.1 Å². The molecule has 0 aromatic carbocycles. The van der Waals surface area contributed by atoms with Gasteiger partial charge in [-0.1, -0.05) is 27.7 Å². The van der Waals surface area contributed by atoms with E-state index in [0.717, 1.165) is 34.4 Å². The maximum Gasteiger partial charge on any atom is 0.329 e. The van der Waals surface area contributed by atoms with Gasteiger partial charge < -0.3 is 0 Å². The van der Waals surface area contributed by atoms with E-state index in [1.165, 1.54) is 17.9 Å². The van der Waals surface area contributed by atoms with Crippen LogP contribution in [-0.4, -0.2) is 41.3 Å². The van der Waals surface area contributed by atoms with Crippen LogP contribution in [-0.2, 0) is 26.2 Å². The zero-order valence-electron chi connectivity index (χ0n) is 22.2. The standard InChI is InChI=1S/C25H44N4O2S4/c1-7-26-16-20(32)28(22(26)30)18-24(3,4)10-14-34-12-9-13-35-15-11-25(5,6)19-29-21(33)17-27(8-2)23(29)31/h16-17,32-33H,7-15,18-19H2,1-6H3. The number of nitrogens with zero attached hydrogens (tertiary/aromatic N) is 4. The van der Waals surface area contributed by atoms with Crippen LogP contribution in [0.2, 0.25) is 0 Å². The summed E-state index contributed by atoms with van der Waals surface area (Å²) in [5.41, 5.74) is 0.190. The average Bonchev–Trinajstić information content (AvgIpc) is 3.21. The molecule has 0 atom stereocenters. The number of imidazole rings is 2. The predicted octanol–water partition coefficient (Wildman–Crippen LogP) is 5.62. The summed E-state index contributed by atoms with van der Waals surface area (Å²) in [6.45, 7) is 15.6. The predicted molar refractivity (Wildman–Crippen MR) is 159 cm³/mol. The normalized spacial score (nSPS) is 12.6. The molecule has 0 saturated heterocycles. The molecule has 2 rings (SSSR count). The van der Waals surface area contributed by atoms with Crippen molar-refractivity contribution in [3.8, 4) is 0 Å². The van der Waals surface area contributed by atoms with Crippen LogP contribution in [0.25, 0.3) is 0 Å². The summed E-state index contributed by atoms with van der Waals surface area (Å²) >= 11 is 13.0. The Morgan fingerprint density at radius 3 is 1.40 bits per heavy atom. The Morgan fingerprint density at radius 2 is 1.09 bits per heavy atom. The van der Waals surface area contributed by atoms with E-state index >= 15 is 0 Å². The largest absolute Gasteiger partial charge is 0.329 e. The van der Waals surface area contributed by atoms with Crippen LogP contribution in [0, 0.1) is 10.8 Å². The van der Waals surface area contributed by atoms with Gasteiger partial charge in [-0.25, -0.2) is 9.59 Å². The van der Waals surface area contributed by atoms with E-state index in [1.807, 2.05) is 49.8 Å². The van der Waals surface area contributed by atoms with Crippen molar-refractivity contribution in [1.29, 1.82) is 0 Å². The monoisotopic (exact) mass is 560 g/mol. The smallest absolute Gasteiger partial charge is 0.298 e. The fraction of sp³-hybridized carbons (Fsp3) is 0.760. The van der Waals surface area contributed by atoms with Crippen LogP contribution >= 0.6 is 48.8 Å². The number of rotatable bonds is 16. The summed E-state index contributed by atoms with van der Waals surface area (Å²) in [5.74, 6) is 4.54. The first-order valence-electron chi connectivity index (χ1n) is 12.5. The Hall–Kier alpha value is -0.580. The summed E-state index contributed by atoms with van der Waals surface area (Å²) in [7, 11) is 0. The minimum Gasteiger partial charge on any atom is -0.298 e. The molecule has 2 heterocycles. The Bertz CT molecular complexity index is 967. The highest BCUT2D eigenvalue weighted by Crippen LogP contribution is 2.28. The second kappa shape index (κ2) is 13.8. The van der Waals surface area contributed by atoms with Crippen molar-refractivity contribution in [2.24, 2.45) is 10.8 Å². The van der Waals surface area contributed by atoms with E-state index in [-0.39, 0.29) is 22.2 Å². The summed E-state index contributed by atoms with van der Waals surface area (Å²) in [6, 6.07) is 0. The molecule has 0 aliphatic carbocycles. The molecule has 0 unspecified atom stereocenters. The number of hydrogen-bond donors (Lipinski definition) is 2. The van der Waals surface area contributed by atoms with Crippen molar-refractivity contribution in [2.75, 3.05) is 23.0 Å². The van der Waals surface area contributed by atoms with Crippen molar-refractivity contribution < 1.29 is 0 Å². The number of hydrogen-bond acceptors (Lipinski definition) is 6. The first-order chi connectivity index (χ1) is 16.4. The minimum absolute atomic E-state index is 0.0379. The molecule has 0 amide bonds. The fourth-order valence-corrected chi connectivity index (χ4v) is 7.24. The van der Waals surface area contributed by atoms with Gasteiger partial charge in [0.15, 0.2) is 0 Å². The highest BCUT2D eigenvalue weighted by molar-refractivity contribution is 8.00. The van der Waals surface area contributed by atoms with Gasteiger partial charge in [0.2, 0.25) is 0 Å². The summed E-state index contributed by atoms with van der Waals surface area (Å²) in [5, 5.41) is 1.49. The molecule has 200 valence electrons. The topological polar surface area (TPSA) is 53.9 Å². The molecule has 0 fully saturated rings. The molecule has 0 saturated carbocycles. The molecule has 0 bridgehead atoms. The second-order valence-corrected chi connectivity index (χ2v) is 14.1. The lowest BCUT2D eigenvalue weighted by Crippen LogP contribution is -2.30. The van der Waals surface area contributed by atoms with Crippen molar-refractivity contribution in [3.63, 3.8) is 0 Å². The lowest BCUT2D eigenvalue weighted by Gasteiger charge is -2.25. The van der Waals surface area contributed by atoms with E-state index in [4.69, 9.17) is 0 Å². The number of thioether (sulfide) groups is 2. The SMILES string of the molecule is CCn1cc(S)n(CC(C)(C)CCSCCCSCCC(C)(C)Cn2c(S)cn(CC)c2=O)c1=O. The molecule has 35 heavy (non-hydrogen) atoms. The van der Waals surface area contributed by atoms with Crippen LogP contribution in [0.4, 0.5) is 0 Å². The van der Waals surface area contributed by atoms with Crippen LogP contribution in [0.3, 0.4) is 0 Å². The van der Waals surface area contributed by atoms with Gasteiger partial charge in [0.25, 0.3) is 0 Å². The Kier molecular flexibility index (Phi) is 12.1. The van der Waals surface area contributed by atoms with E-state index in [2.05, 4.69) is 53.0 Å². The molecule has 0 radical (unpaired) electrons. The molecule has 2 aromatic heterocycles. The first kappa shape index (κ1) is 30.6. The molecule has 0 N–H and O–H groups in total. The minimum atomic E-state index is 0.0379. The van der Waals surface area contributed by atoms with Crippen molar-refractivity contribution in [1.82, 2.24) is 18.3 Å². The van der Waals surface area contributed by atoms with Gasteiger partial charge in [0.1, 0.15) is 0 Å². The lowest BCUT2D eigenvalue weighted by molar-refractivity contribution is 0.283. The number of thiol groups is 2. The van der Waals surface area contributed by atoms with E-state index in [9.17, 15) is 9.59 Å². The van der Waals surface area contributed by atoms with Gasteiger partial charge >= 0.3 is 11.4 Å². The maximum absolute atomic E-state index is 12.4. The quantitative estimate of drug-likeness (QED) is 0.207. The Labute approximate surface area is 230 Å². The Balaban J connectivity index is 1.62. The lowest BCUT2D eigenvalue weighted by atomic mass is 9.90. The van der Waals surface area contributed by atoms with E-state index < -0.39 is 0 Å². The van der Waals surface area contributed by atoms with Gasteiger partial charge in [-0.05, 0) is 67.0 Å². The van der Waals surface area contributed by atoms with E-state index in [1.54, 1.807) is 18.3 Å². The highest BCUT2D eigenvalue weighted by Gasteiger charge is 2.22. The molecule has 6 nitrogen and oxygen atoms in total. The third kappa shape index (κ3) is 9.34. The van der Waals surface area contributed by atoms with Gasteiger partial charge in [-0.2, -0.15) is 23.5 Å². The molecular weight excluding hydrogens is 517 g/mol. The maximum atomic E-state index is 12.4. The highest BCUT2D eigenvalue weighted by atomic mass is 32.2. The average molecular weight is 561 g/mol. The number of aryl methyl sites for hydroxylation is 2. The van der Waals surface area contributed by atoms with Crippen LogP contribution in [0.5, 0.6) is 0 Å². The van der Waals surface area contributed by atoms with Gasteiger partial charge in [-0.3, -0.25) is 18.3 Å². The fourth-order valence-electron chi connectivity index (χ4n) is 3.96. The zero-order valence-corrected chi connectivity index (χ0v) is 25.7. The van der Waals surface area contributed by atoms with Crippen LogP contribution in [0.15, 0.2) is 32.0 Å². The zero-order chi connectivity index (χ0) is 26.2. The third-order valence-electron chi connectivity index (χ3n) is 6.33. The first-order valence-corrected chi connectivity index (χ1v) is 15.7. The summed E-state index contributed by atoms with van der Waals surface area (Å²) in [6.07, 6.45) is 7.00. The summed E-state index contributed by atoms with van der Waals surface area (Å²) in [4.78, 5) is 24.9. The van der Waals surface area contributed by atoms with Gasteiger partial charge in [0, 0.05) is 38.6 Å². The molecule has 0 spiro atoms. The van der Waals surface area contributed by atoms with Crippen LogP contribution < -0.4 is 11.4 Å². The van der Waals surface area contributed by atoms with Crippen molar-refractivity contribution >= 4 is 48.8 Å². The van der Waals surface area contributed by atoms with Crippen molar-refractivity contribution in [3.05, 3.63) is 33.4 Å². The molecular formula is C25H44N4O2S4. The third-order valence-corrected chi connectivity index (χ3v) is 9.18. The molecule has 0 aliphatic heterocycles.